The number of rotatable bonds is 1. The zero-order chi connectivity index (χ0) is 6.81. The lowest BCUT2D eigenvalue weighted by molar-refractivity contribution is 0.351. The van der Waals surface area contributed by atoms with Crippen LogP contribution in [0, 0.1) is 0 Å². The highest BCUT2D eigenvalue weighted by Gasteiger charge is 2.18. The molecule has 0 radical (unpaired) electrons. The maximum absolute atomic E-state index is 5.00. The van der Waals surface area contributed by atoms with Gasteiger partial charge < -0.3 is 9.84 Å². The fraction of sp³-hybridized carbons (Fsp3) is 0.571. The minimum absolute atomic E-state index is 0.419. The average molecular weight is 138 g/mol. The Hall–Kier alpha value is -0.830. The van der Waals surface area contributed by atoms with Crippen LogP contribution in [0.25, 0.3) is 0 Å². The Labute approximate surface area is 59.4 Å². The molecular weight excluding hydrogens is 128 g/mol. The van der Waals surface area contributed by atoms with Gasteiger partial charge in [0.1, 0.15) is 0 Å². The van der Waals surface area contributed by atoms with E-state index in [0.717, 1.165) is 12.3 Å². The van der Waals surface area contributed by atoms with Crippen LogP contribution in [0.1, 0.15) is 24.6 Å². The van der Waals surface area contributed by atoms with E-state index >= 15 is 0 Å². The van der Waals surface area contributed by atoms with E-state index in [1.807, 2.05) is 6.07 Å². The van der Waals surface area contributed by atoms with Gasteiger partial charge in [-0.3, -0.25) is 0 Å². The predicted octanol–water partition coefficient (Wildman–Crippen LogP) is 1.10. The average Bonchev–Trinajstić information content (AvgIpc) is 2.59. The van der Waals surface area contributed by atoms with Gasteiger partial charge in [0.25, 0.3) is 0 Å². The van der Waals surface area contributed by atoms with Gasteiger partial charge in [-0.05, 0) is 19.4 Å². The first kappa shape index (κ1) is 5.92. The summed E-state index contributed by atoms with van der Waals surface area (Å²) in [4.78, 5) is 0. The highest BCUT2D eigenvalue weighted by Crippen LogP contribution is 2.21. The molecule has 1 N–H and O–H groups in total. The van der Waals surface area contributed by atoms with Gasteiger partial charge in [0.05, 0.1) is 12.2 Å². The normalized spacial score (nSPS) is 25.4. The van der Waals surface area contributed by atoms with Crippen molar-refractivity contribution in [2.45, 2.75) is 18.9 Å². The summed E-state index contributed by atoms with van der Waals surface area (Å²) in [6, 6.07) is 2.34. The van der Waals surface area contributed by atoms with Gasteiger partial charge in [0.2, 0.25) is 0 Å². The Morgan fingerprint density at radius 2 is 2.70 bits per heavy atom. The zero-order valence-electron chi connectivity index (χ0n) is 5.71. The molecule has 2 heterocycles. The summed E-state index contributed by atoms with van der Waals surface area (Å²) < 4.78 is 5.00. The van der Waals surface area contributed by atoms with Crippen LogP contribution >= 0.6 is 0 Å². The van der Waals surface area contributed by atoms with Crippen LogP contribution in [0.2, 0.25) is 0 Å². The van der Waals surface area contributed by atoms with Crippen molar-refractivity contribution in [3.8, 4) is 0 Å². The molecule has 1 fully saturated rings. The minimum Gasteiger partial charge on any atom is -0.360 e. The molecule has 1 atom stereocenters. The van der Waals surface area contributed by atoms with E-state index < -0.39 is 0 Å². The lowest BCUT2D eigenvalue weighted by Gasteiger charge is -2.02. The van der Waals surface area contributed by atoms with Gasteiger partial charge in [-0.25, -0.2) is 0 Å². The molecule has 1 aliphatic rings. The van der Waals surface area contributed by atoms with Crippen LogP contribution in [-0.4, -0.2) is 11.7 Å². The fourth-order valence-electron chi connectivity index (χ4n) is 1.33. The van der Waals surface area contributed by atoms with Crippen LogP contribution in [-0.2, 0) is 0 Å². The van der Waals surface area contributed by atoms with Gasteiger partial charge >= 0.3 is 0 Å². The van der Waals surface area contributed by atoms with Gasteiger partial charge in [0, 0.05) is 6.07 Å². The lowest BCUT2D eigenvalue weighted by Crippen LogP contribution is -2.11. The van der Waals surface area contributed by atoms with E-state index in [9.17, 15) is 0 Å². The van der Waals surface area contributed by atoms with E-state index in [2.05, 4.69) is 10.5 Å². The second-order valence-electron chi connectivity index (χ2n) is 2.56. The molecule has 0 aliphatic carbocycles. The highest BCUT2D eigenvalue weighted by atomic mass is 16.5. The Kier molecular flexibility index (Phi) is 1.43. The van der Waals surface area contributed by atoms with Crippen molar-refractivity contribution in [3.05, 3.63) is 18.0 Å². The van der Waals surface area contributed by atoms with Gasteiger partial charge in [-0.15, -0.1) is 0 Å². The van der Waals surface area contributed by atoms with Crippen LogP contribution in [0.3, 0.4) is 0 Å². The van der Waals surface area contributed by atoms with Crippen molar-refractivity contribution in [2.24, 2.45) is 0 Å². The molecule has 0 saturated carbocycles. The fourth-order valence-corrected chi connectivity index (χ4v) is 1.33. The first-order chi connectivity index (χ1) is 4.97. The number of nitrogens with zero attached hydrogens (tertiary/aromatic N) is 1. The largest absolute Gasteiger partial charge is 0.360 e. The monoisotopic (exact) mass is 138 g/mol. The molecule has 0 bridgehead atoms. The smallest absolute Gasteiger partial charge is 0.153 e. The van der Waals surface area contributed by atoms with Crippen molar-refractivity contribution < 1.29 is 4.52 Å². The maximum atomic E-state index is 5.00. The van der Waals surface area contributed by atoms with Crippen LogP contribution in [0.15, 0.2) is 16.8 Å². The summed E-state index contributed by atoms with van der Waals surface area (Å²) in [5.74, 6) is 0.970. The minimum atomic E-state index is 0.419. The van der Waals surface area contributed by atoms with Crippen molar-refractivity contribution in [1.82, 2.24) is 10.5 Å². The van der Waals surface area contributed by atoms with E-state index in [-0.39, 0.29) is 0 Å². The van der Waals surface area contributed by atoms with Gasteiger partial charge in [0.15, 0.2) is 5.76 Å². The van der Waals surface area contributed by atoms with Crippen LogP contribution in [0.5, 0.6) is 0 Å². The molecular formula is C7H10N2O. The van der Waals surface area contributed by atoms with Gasteiger partial charge in [-0.1, -0.05) is 5.16 Å². The van der Waals surface area contributed by atoms with E-state index in [4.69, 9.17) is 4.52 Å². The first-order valence-corrected chi connectivity index (χ1v) is 3.61. The predicted molar refractivity (Wildman–Crippen MR) is 36.5 cm³/mol. The maximum Gasteiger partial charge on any atom is 0.153 e. The SMILES string of the molecule is c1cc(C2CCCN2)on1. The molecule has 0 aromatic carbocycles. The second kappa shape index (κ2) is 2.42. The quantitative estimate of drug-likeness (QED) is 0.631. The molecule has 3 heteroatoms. The summed E-state index contributed by atoms with van der Waals surface area (Å²) >= 11 is 0. The molecule has 3 nitrogen and oxygen atoms in total. The Bertz CT molecular complexity index is 189. The lowest BCUT2D eigenvalue weighted by atomic mass is 10.2. The summed E-state index contributed by atoms with van der Waals surface area (Å²) in [5.41, 5.74) is 0. The van der Waals surface area contributed by atoms with E-state index in [1.165, 1.54) is 12.8 Å². The molecule has 54 valence electrons. The van der Waals surface area contributed by atoms with Crippen molar-refractivity contribution >= 4 is 0 Å². The Balaban J connectivity index is 2.12. The number of aromatic nitrogens is 1. The second-order valence-corrected chi connectivity index (χ2v) is 2.56. The zero-order valence-corrected chi connectivity index (χ0v) is 5.71. The highest BCUT2D eigenvalue weighted by molar-refractivity contribution is 5.02. The number of hydrogen-bond donors (Lipinski definition) is 1. The molecule has 1 aromatic heterocycles. The molecule has 1 aliphatic heterocycles. The van der Waals surface area contributed by atoms with Crippen molar-refractivity contribution in [1.29, 1.82) is 0 Å². The summed E-state index contributed by atoms with van der Waals surface area (Å²) in [5, 5.41) is 6.98. The molecule has 2 rings (SSSR count). The summed E-state index contributed by atoms with van der Waals surface area (Å²) in [6.45, 7) is 1.10. The summed E-state index contributed by atoms with van der Waals surface area (Å²) in [7, 11) is 0. The summed E-state index contributed by atoms with van der Waals surface area (Å²) in [6.07, 6.45) is 4.11. The third kappa shape index (κ3) is 0.926. The Morgan fingerprint density at radius 1 is 1.70 bits per heavy atom. The van der Waals surface area contributed by atoms with E-state index in [0.29, 0.717) is 6.04 Å². The molecule has 1 aromatic rings. The topological polar surface area (TPSA) is 38.1 Å². The number of hydrogen-bond acceptors (Lipinski definition) is 3. The Morgan fingerprint density at radius 3 is 3.30 bits per heavy atom. The molecule has 10 heavy (non-hydrogen) atoms. The molecule has 0 spiro atoms. The third-order valence-corrected chi connectivity index (χ3v) is 1.86. The molecule has 0 amide bonds. The molecule has 1 saturated heterocycles. The standard InChI is InChI=1S/C7H10N2O/c1-2-6(8-4-1)7-3-5-9-10-7/h3,5-6,8H,1-2,4H2. The molecule has 1 unspecified atom stereocenters. The van der Waals surface area contributed by atoms with Crippen molar-refractivity contribution in [3.63, 3.8) is 0 Å². The first-order valence-electron chi connectivity index (χ1n) is 3.61. The van der Waals surface area contributed by atoms with Crippen molar-refractivity contribution in [2.75, 3.05) is 6.54 Å². The third-order valence-electron chi connectivity index (χ3n) is 1.86. The van der Waals surface area contributed by atoms with Crippen LogP contribution < -0.4 is 5.32 Å². The van der Waals surface area contributed by atoms with Crippen LogP contribution in [0.4, 0.5) is 0 Å². The van der Waals surface area contributed by atoms with Gasteiger partial charge in [-0.2, -0.15) is 0 Å². The van der Waals surface area contributed by atoms with E-state index in [1.54, 1.807) is 6.20 Å². The number of nitrogens with one attached hydrogen (secondary N) is 1.